The van der Waals surface area contributed by atoms with Crippen LogP contribution in [0.5, 0.6) is 5.75 Å². The second-order valence-electron chi connectivity index (χ2n) is 4.10. The standard InChI is InChI=1S/C12H11BrF3N3O/c1-19-11(17)7(5-18-19)10-8(13)3-6(12(14,15)16)4-9(10)20-2/h3-5H,17H2,1-2H3. The first kappa shape index (κ1) is 14.7. The van der Waals surface area contributed by atoms with Crippen molar-refractivity contribution in [1.29, 1.82) is 0 Å². The number of nitrogens with two attached hydrogens (primary N) is 1. The van der Waals surface area contributed by atoms with Crippen LogP contribution in [0.3, 0.4) is 0 Å². The van der Waals surface area contributed by atoms with E-state index in [1.54, 1.807) is 7.05 Å². The number of alkyl halides is 3. The minimum atomic E-state index is -4.45. The molecule has 0 fully saturated rings. The Morgan fingerprint density at radius 1 is 1.35 bits per heavy atom. The minimum absolute atomic E-state index is 0.0754. The van der Waals surface area contributed by atoms with Crippen LogP contribution in [0.15, 0.2) is 22.8 Å². The molecule has 1 aromatic carbocycles. The fourth-order valence-electron chi connectivity index (χ4n) is 1.81. The molecule has 0 bridgehead atoms. The average Bonchev–Trinajstić information content (AvgIpc) is 2.68. The molecular weight excluding hydrogens is 339 g/mol. The first-order valence-electron chi connectivity index (χ1n) is 5.48. The molecule has 1 aromatic heterocycles. The number of nitrogens with zero attached hydrogens (tertiary/aromatic N) is 2. The van der Waals surface area contributed by atoms with Gasteiger partial charge in [0.05, 0.1) is 18.9 Å². The van der Waals surface area contributed by atoms with Crippen molar-refractivity contribution in [3.63, 3.8) is 0 Å². The molecule has 4 nitrogen and oxygen atoms in total. The molecule has 20 heavy (non-hydrogen) atoms. The second-order valence-corrected chi connectivity index (χ2v) is 4.95. The number of anilines is 1. The van der Waals surface area contributed by atoms with Crippen LogP contribution in [0.1, 0.15) is 5.56 Å². The number of benzene rings is 1. The quantitative estimate of drug-likeness (QED) is 0.903. The number of ether oxygens (including phenoxy) is 1. The molecule has 0 atom stereocenters. The van der Waals surface area contributed by atoms with E-state index >= 15 is 0 Å². The van der Waals surface area contributed by atoms with Crippen LogP contribution in [-0.4, -0.2) is 16.9 Å². The molecule has 2 rings (SSSR count). The molecule has 0 saturated heterocycles. The molecule has 2 N–H and O–H groups in total. The van der Waals surface area contributed by atoms with Crippen molar-refractivity contribution >= 4 is 21.7 Å². The zero-order chi connectivity index (χ0) is 15.1. The monoisotopic (exact) mass is 349 g/mol. The highest BCUT2D eigenvalue weighted by Crippen LogP contribution is 2.43. The number of hydrogen-bond donors (Lipinski definition) is 1. The van der Waals surface area contributed by atoms with Crippen LogP contribution in [-0.2, 0) is 13.2 Å². The van der Waals surface area contributed by atoms with Crippen molar-refractivity contribution in [1.82, 2.24) is 9.78 Å². The second kappa shape index (κ2) is 5.01. The summed E-state index contributed by atoms with van der Waals surface area (Å²) in [6.45, 7) is 0. The molecular formula is C12H11BrF3N3O. The van der Waals surface area contributed by atoms with Gasteiger partial charge in [0.1, 0.15) is 11.6 Å². The smallest absolute Gasteiger partial charge is 0.416 e. The lowest BCUT2D eigenvalue weighted by Crippen LogP contribution is -2.06. The van der Waals surface area contributed by atoms with Crippen LogP contribution in [0, 0.1) is 0 Å². The number of aryl methyl sites for hydroxylation is 1. The van der Waals surface area contributed by atoms with Gasteiger partial charge in [-0.15, -0.1) is 0 Å². The SMILES string of the molecule is COc1cc(C(F)(F)F)cc(Br)c1-c1cnn(C)c1N. The fraction of sp³-hybridized carbons (Fsp3) is 0.250. The molecule has 0 aliphatic carbocycles. The van der Waals surface area contributed by atoms with E-state index in [2.05, 4.69) is 21.0 Å². The minimum Gasteiger partial charge on any atom is -0.496 e. The summed E-state index contributed by atoms with van der Waals surface area (Å²) in [7, 11) is 2.95. The maximum Gasteiger partial charge on any atom is 0.416 e. The summed E-state index contributed by atoms with van der Waals surface area (Å²) >= 11 is 3.14. The molecule has 1 heterocycles. The van der Waals surface area contributed by atoms with Crippen LogP contribution in [0.4, 0.5) is 19.0 Å². The van der Waals surface area contributed by atoms with E-state index in [-0.39, 0.29) is 10.2 Å². The Morgan fingerprint density at radius 3 is 2.45 bits per heavy atom. The van der Waals surface area contributed by atoms with E-state index in [9.17, 15) is 13.2 Å². The predicted molar refractivity (Wildman–Crippen MR) is 72.3 cm³/mol. The third-order valence-electron chi connectivity index (χ3n) is 2.86. The Hall–Kier alpha value is -1.70. The van der Waals surface area contributed by atoms with Crippen molar-refractivity contribution in [3.05, 3.63) is 28.4 Å². The molecule has 0 saturated carbocycles. The predicted octanol–water partition coefficient (Wildman–Crippen LogP) is 3.46. The Balaban J connectivity index is 2.69. The highest BCUT2D eigenvalue weighted by atomic mass is 79.9. The Labute approximate surface area is 121 Å². The molecule has 0 amide bonds. The number of nitrogen functional groups attached to an aromatic ring is 1. The largest absolute Gasteiger partial charge is 0.496 e. The molecule has 0 spiro atoms. The van der Waals surface area contributed by atoms with Gasteiger partial charge in [-0.25, -0.2) is 0 Å². The van der Waals surface area contributed by atoms with E-state index in [0.717, 1.165) is 12.1 Å². The van der Waals surface area contributed by atoms with Gasteiger partial charge in [0, 0.05) is 22.6 Å². The van der Waals surface area contributed by atoms with Crippen LogP contribution in [0.25, 0.3) is 11.1 Å². The molecule has 0 aliphatic rings. The molecule has 108 valence electrons. The number of aromatic nitrogens is 2. The summed E-state index contributed by atoms with van der Waals surface area (Å²) in [5, 5.41) is 3.97. The van der Waals surface area contributed by atoms with E-state index in [4.69, 9.17) is 10.5 Å². The number of hydrogen-bond acceptors (Lipinski definition) is 3. The van der Waals surface area contributed by atoms with Gasteiger partial charge < -0.3 is 10.5 Å². The zero-order valence-electron chi connectivity index (χ0n) is 10.6. The molecule has 0 aliphatic heterocycles. The Bertz CT molecular complexity index is 652. The first-order valence-corrected chi connectivity index (χ1v) is 6.27. The molecule has 0 unspecified atom stereocenters. The summed E-state index contributed by atoms with van der Waals surface area (Å²) in [5.41, 5.74) is 5.99. The average molecular weight is 350 g/mol. The summed E-state index contributed by atoms with van der Waals surface area (Å²) in [4.78, 5) is 0. The number of rotatable bonds is 2. The van der Waals surface area contributed by atoms with Crippen molar-refractivity contribution in [2.75, 3.05) is 12.8 Å². The summed E-state index contributed by atoms with van der Waals surface area (Å²) < 4.78 is 45.1. The van der Waals surface area contributed by atoms with Crippen LogP contribution in [0.2, 0.25) is 0 Å². The van der Waals surface area contributed by atoms with Gasteiger partial charge in [0.2, 0.25) is 0 Å². The van der Waals surface area contributed by atoms with Crippen molar-refractivity contribution < 1.29 is 17.9 Å². The Morgan fingerprint density at radius 2 is 2.00 bits per heavy atom. The summed E-state index contributed by atoms with van der Waals surface area (Å²) in [5.74, 6) is 0.412. The van der Waals surface area contributed by atoms with Gasteiger partial charge in [-0.2, -0.15) is 18.3 Å². The first-order chi connectivity index (χ1) is 9.25. The van der Waals surface area contributed by atoms with Crippen molar-refractivity contribution in [2.24, 2.45) is 7.05 Å². The van der Waals surface area contributed by atoms with Gasteiger partial charge >= 0.3 is 6.18 Å². The van der Waals surface area contributed by atoms with Crippen LogP contribution < -0.4 is 10.5 Å². The van der Waals surface area contributed by atoms with E-state index in [0.29, 0.717) is 16.9 Å². The fourth-order valence-corrected chi connectivity index (χ4v) is 2.46. The summed E-state index contributed by atoms with van der Waals surface area (Å²) in [6.07, 6.45) is -2.97. The van der Waals surface area contributed by atoms with Gasteiger partial charge in [0.15, 0.2) is 0 Å². The van der Waals surface area contributed by atoms with E-state index in [1.807, 2.05) is 0 Å². The van der Waals surface area contributed by atoms with Gasteiger partial charge in [-0.1, -0.05) is 0 Å². The maximum atomic E-state index is 12.8. The van der Waals surface area contributed by atoms with E-state index in [1.165, 1.54) is 18.0 Å². The van der Waals surface area contributed by atoms with Gasteiger partial charge in [0.25, 0.3) is 0 Å². The lowest BCUT2D eigenvalue weighted by atomic mass is 10.0. The number of halogens is 4. The summed E-state index contributed by atoms with van der Waals surface area (Å²) in [6, 6.07) is 1.93. The zero-order valence-corrected chi connectivity index (χ0v) is 12.2. The lowest BCUT2D eigenvalue weighted by Gasteiger charge is -2.14. The lowest BCUT2D eigenvalue weighted by molar-refractivity contribution is -0.137. The van der Waals surface area contributed by atoms with Gasteiger partial charge in [-0.3, -0.25) is 4.68 Å². The highest BCUT2D eigenvalue weighted by Gasteiger charge is 2.32. The van der Waals surface area contributed by atoms with E-state index < -0.39 is 11.7 Å². The van der Waals surface area contributed by atoms with Crippen molar-refractivity contribution in [3.8, 4) is 16.9 Å². The van der Waals surface area contributed by atoms with Gasteiger partial charge in [-0.05, 0) is 28.1 Å². The highest BCUT2D eigenvalue weighted by molar-refractivity contribution is 9.10. The number of methoxy groups -OCH3 is 1. The molecule has 2 aromatic rings. The van der Waals surface area contributed by atoms with Crippen LogP contribution >= 0.6 is 15.9 Å². The molecule has 0 radical (unpaired) electrons. The topological polar surface area (TPSA) is 53.1 Å². The normalized spacial score (nSPS) is 11.7. The van der Waals surface area contributed by atoms with Crippen molar-refractivity contribution in [2.45, 2.75) is 6.18 Å². The third kappa shape index (κ3) is 2.47. The Kier molecular flexibility index (Phi) is 3.68. The maximum absolute atomic E-state index is 12.8. The molecule has 8 heteroatoms. The third-order valence-corrected chi connectivity index (χ3v) is 3.48.